The van der Waals surface area contributed by atoms with Gasteiger partial charge in [-0.15, -0.1) is 23.5 Å². The second-order valence-corrected chi connectivity index (χ2v) is 20.9. The maximum Gasteiger partial charge on any atom is 0.192 e. The smallest absolute Gasteiger partial charge is 0.192 e. The zero-order chi connectivity index (χ0) is 44.7. The van der Waals surface area contributed by atoms with Crippen LogP contribution in [-0.4, -0.2) is 90.9 Å². The Morgan fingerprint density at radius 1 is 0.364 bits per heavy atom. The predicted octanol–water partition coefficient (Wildman–Crippen LogP) is 8.80. The molecule has 4 fully saturated rings. The van der Waals surface area contributed by atoms with Crippen LogP contribution in [0.2, 0.25) is 0 Å². The first kappa shape index (κ1) is 40.3. The summed E-state index contributed by atoms with van der Waals surface area (Å²) in [5, 5.41) is 0. The van der Waals surface area contributed by atoms with Crippen LogP contribution in [0.5, 0.6) is 0 Å². The molecule has 14 rings (SSSR count). The van der Waals surface area contributed by atoms with E-state index in [4.69, 9.17) is 0 Å². The van der Waals surface area contributed by atoms with E-state index in [0.29, 0.717) is 58.0 Å². The molecule has 4 aliphatic carbocycles. The summed E-state index contributed by atoms with van der Waals surface area (Å²) in [6.07, 6.45) is 0.815. The molecule has 10 heteroatoms. The van der Waals surface area contributed by atoms with Gasteiger partial charge in [0, 0.05) is 80.6 Å². The Morgan fingerprint density at radius 3 is 1.00 bits per heavy atom. The summed E-state index contributed by atoms with van der Waals surface area (Å²) in [6.45, 7) is 0. The van der Waals surface area contributed by atoms with Gasteiger partial charge in [0.1, 0.15) is 0 Å². The van der Waals surface area contributed by atoms with Gasteiger partial charge in [0.15, 0.2) is 45.8 Å². The molecule has 0 amide bonds. The molecule has 324 valence electrons. The standard InChI is InChI=1S/2C28H21NO3S/c2*30-24-19-11-5-4-10-18(19)14-27(24)23(17-8-2-1-3-9-17)22-15-33-16-29(22)28(27)25(31)20-12-6-7-13-21(20)26(28)32/h2*1-13,22-23H,14-16H2/t2*22-,23-,27-/m10/s1. The Balaban J connectivity index is 0.000000132. The van der Waals surface area contributed by atoms with Crippen LogP contribution in [0.1, 0.15) is 96.2 Å². The van der Waals surface area contributed by atoms with Crippen molar-refractivity contribution in [1.29, 1.82) is 0 Å². The first-order valence-corrected chi connectivity index (χ1v) is 25.0. The van der Waals surface area contributed by atoms with Crippen LogP contribution in [-0.2, 0) is 12.8 Å². The van der Waals surface area contributed by atoms with Crippen molar-refractivity contribution < 1.29 is 28.8 Å². The number of hydrogen-bond acceptors (Lipinski definition) is 10. The summed E-state index contributed by atoms with van der Waals surface area (Å²) in [4.78, 5) is 90.7. The fourth-order valence-corrected chi connectivity index (χ4v) is 16.9. The van der Waals surface area contributed by atoms with Crippen LogP contribution >= 0.6 is 23.5 Å². The molecule has 4 spiro atoms. The van der Waals surface area contributed by atoms with Gasteiger partial charge < -0.3 is 0 Å². The third-order valence-corrected chi connectivity index (χ3v) is 18.6. The number of benzene rings is 6. The third-order valence-electron chi connectivity index (χ3n) is 16.6. The van der Waals surface area contributed by atoms with E-state index in [1.54, 1.807) is 72.1 Å². The monoisotopic (exact) mass is 902 g/mol. The quantitative estimate of drug-likeness (QED) is 0.157. The molecule has 4 heterocycles. The second-order valence-electron chi connectivity index (χ2n) is 18.9. The zero-order valence-electron chi connectivity index (χ0n) is 35.7. The lowest BCUT2D eigenvalue weighted by molar-refractivity contribution is 0.0317. The summed E-state index contributed by atoms with van der Waals surface area (Å²) in [5.41, 5.74) is 1.76. The maximum atomic E-state index is 14.5. The molecule has 6 aromatic rings. The van der Waals surface area contributed by atoms with Crippen LogP contribution in [0.25, 0.3) is 0 Å². The topological polar surface area (TPSA) is 109 Å². The molecule has 4 saturated heterocycles. The van der Waals surface area contributed by atoms with Gasteiger partial charge in [0.25, 0.3) is 0 Å². The Morgan fingerprint density at radius 2 is 0.667 bits per heavy atom. The molecule has 0 bridgehead atoms. The minimum absolute atomic E-state index is 0.0548. The van der Waals surface area contributed by atoms with Crippen molar-refractivity contribution in [3.63, 3.8) is 0 Å². The van der Waals surface area contributed by atoms with Crippen molar-refractivity contribution in [2.45, 2.75) is 47.8 Å². The molecule has 66 heavy (non-hydrogen) atoms. The van der Waals surface area contributed by atoms with Gasteiger partial charge in [0.05, 0.1) is 10.8 Å². The van der Waals surface area contributed by atoms with Crippen molar-refractivity contribution in [1.82, 2.24) is 9.80 Å². The highest BCUT2D eigenvalue weighted by atomic mass is 32.2. The molecule has 0 radical (unpaired) electrons. The molecule has 4 aliphatic heterocycles. The van der Waals surface area contributed by atoms with E-state index in [-0.39, 0.29) is 58.6 Å². The minimum Gasteiger partial charge on any atom is -0.293 e. The Labute approximate surface area is 390 Å². The Hall–Kier alpha value is -6.04. The number of Topliss-reactive ketones (excluding diaryl/α,β-unsaturated/α-hetero) is 6. The summed E-state index contributed by atoms with van der Waals surface area (Å²) < 4.78 is 0. The van der Waals surface area contributed by atoms with Gasteiger partial charge in [0.2, 0.25) is 0 Å². The van der Waals surface area contributed by atoms with Gasteiger partial charge in [-0.3, -0.25) is 38.6 Å². The van der Waals surface area contributed by atoms with Crippen molar-refractivity contribution in [2.24, 2.45) is 10.8 Å². The highest BCUT2D eigenvalue weighted by molar-refractivity contribution is 7.99. The van der Waals surface area contributed by atoms with Crippen molar-refractivity contribution >= 4 is 58.2 Å². The van der Waals surface area contributed by atoms with E-state index in [2.05, 4.69) is 34.1 Å². The lowest BCUT2D eigenvalue weighted by Gasteiger charge is -2.43. The lowest BCUT2D eigenvalue weighted by Crippen LogP contribution is -2.64. The summed E-state index contributed by atoms with van der Waals surface area (Å²) in [6, 6.07) is 49.5. The molecule has 0 unspecified atom stereocenters. The zero-order valence-corrected chi connectivity index (χ0v) is 37.4. The van der Waals surface area contributed by atoms with E-state index in [1.807, 2.05) is 84.9 Å². The number of carbonyl (C=O) groups is 6. The molecule has 0 saturated carbocycles. The fourth-order valence-electron chi connectivity index (χ4n) is 14.3. The third kappa shape index (κ3) is 4.61. The number of hydrogen-bond donors (Lipinski definition) is 0. The normalized spacial score (nSPS) is 29.2. The molecule has 6 aromatic carbocycles. The van der Waals surface area contributed by atoms with Crippen molar-refractivity contribution in [2.75, 3.05) is 23.3 Å². The minimum atomic E-state index is -1.50. The number of rotatable bonds is 2. The average molecular weight is 903 g/mol. The van der Waals surface area contributed by atoms with E-state index in [1.165, 1.54) is 0 Å². The first-order valence-electron chi connectivity index (χ1n) is 22.7. The molecule has 6 atom stereocenters. The first-order chi connectivity index (χ1) is 32.2. The van der Waals surface area contributed by atoms with Crippen LogP contribution in [0.3, 0.4) is 0 Å². The number of fused-ring (bicyclic) bond motifs is 10. The molecule has 0 N–H and O–H groups in total. The van der Waals surface area contributed by atoms with Gasteiger partial charge in [-0.2, -0.15) is 0 Å². The summed E-state index contributed by atoms with van der Waals surface area (Å²) in [5.74, 6) is 1.35. The fraction of sp³-hybridized carbons (Fsp3) is 0.250. The summed E-state index contributed by atoms with van der Waals surface area (Å²) >= 11 is 3.49. The average Bonchev–Trinajstić information content (AvgIpc) is 4.25. The van der Waals surface area contributed by atoms with Gasteiger partial charge in [-0.25, -0.2) is 0 Å². The van der Waals surface area contributed by atoms with E-state index >= 15 is 0 Å². The van der Waals surface area contributed by atoms with Gasteiger partial charge >= 0.3 is 0 Å². The van der Waals surface area contributed by atoms with E-state index < -0.39 is 21.9 Å². The molecule has 8 nitrogen and oxygen atoms in total. The van der Waals surface area contributed by atoms with E-state index in [9.17, 15) is 28.8 Å². The van der Waals surface area contributed by atoms with Crippen LogP contribution < -0.4 is 0 Å². The largest absolute Gasteiger partial charge is 0.293 e. The number of thioether (sulfide) groups is 2. The van der Waals surface area contributed by atoms with Crippen LogP contribution in [0.15, 0.2) is 158 Å². The molecular weight excluding hydrogens is 861 g/mol. The second kappa shape index (κ2) is 14.2. The van der Waals surface area contributed by atoms with Crippen LogP contribution in [0.4, 0.5) is 0 Å². The molecule has 8 aliphatic rings. The van der Waals surface area contributed by atoms with Crippen molar-refractivity contribution in [3.8, 4) is 0 Å². The predicted molar refractivity (Wildman–Crippen MR) is 254 cm³/mol. The summed E-state index contributed by atoms with van der Waals surface area (Å²) in [7, 11) is 0. The number of carbonyl (C=O) groups excluding carboxylic acids is 6. The van der Waals surface area contributed by atoms with Crippen LogP contribution in [0, 0.1) is 10.8 Å². The molecular formula is C56H42N2O6S2. The Kier molecular flexibility index (Phi) is 8.68. The van der Waals surface area contributed by atoms with Gasteiger partial charge in [-0.05, 0) is 35.1 Å². The molecule has 0 aromatic heterocycles. The highest BCUT2D eigenvalue weighted by Crippen LogP contribution is 2.69. The van der Waals surface area contributed by atoms with E-state index in [0.717, 1.165) is 33.8 Å². The SMILES string of the molecule is O=C1c2ccccc2C(=O)C12N1CSC[C@@H]1[C@@H](c1ccccc1)[C@@]21Cc2ccccc2C1=O.O=C1c2ccccc2C(=O)C12N1CSC[C@H]1[C@H](c1ccccc1)[C@]21Cc2ccccc2C1=O. The van der Waals surface area contributed by atoms with Gasteiger partial charge in [-0.1, -0.05) is 158 Å². The Bertz CT molecular complexity index is 2870. The lowest BCUT2D eigenvalue weighted by atomic mass is 9.58. The number of ketones is 6. The number of nitrogens with zero attached hydrogens (tertiary/aromatic N) is 2. The van der Waals surface area contributed by atoms with Crippen molar-refractivity contribution in [3.05, 3.63) is 213 Å². The highest BCUT2D eigenvalue weighted by Gasteiger charge is 2.82. The maximum absolute atomic E-state index is 14.5.